The lowest BCUT2D eigenvalue weighted by Crippen LogP contribution is -2.50. The molecule has 92 valence electrons. The molecule has 1 aromatic rings. The molecule has 0 aromatic heterocycles. The van der Waals surface area contributed by atoms with E-state index < -0.39 is 0 Å². The highest BCUT2D eigenvalue weighted by molar-refractivity contribution is 5.43. The Balaban J connectivity index is 2.08. The van der Waals surface area contributed by atoms with E-state index >= 15 is 0 Å². The molecule has 1 aliphatic heterocycles. The van der Waals surface area contributed by atoms with Crippen LogP contribution in [-0.2, 0) is 11.8 Å². The average Bonchev–Trinajstić information content (AvgIpc) is 2.27. The van der Waals surface area contributed by atoms with Crippen molar-refractivity contribution in [3.63, 3.8) is 0 Å². The molecule has 1 fully saturated rings. The first-order valence-electron chi connectivity index (χ1n) is 6.47. The minimum atomic E-state index is 0.319. The second kappa shape index (κ2) is 3.74. The van der Waals surface area contributed by atoms with Crippen molar-refractivity contribution in [2.24, 2.45) is 5.92 Å². The summed E-state index contributed by atoms with van der Waals surface area (Å²) in [6.45, 7) is 4.83. The minimum Gasteiger partial charge on any atom is -0.497 e. The van der Waals surface area contributed by atoms with Crippen LogP contribution >= 0.6 is 0 Å². The molecule has 1 aliphatic carbocycles. The van der Waals surface area contributed by atoms with Gasteiger partial charge in [0.1, 0.15) is 5.75 Å². The molecule has 17 heavy (non-hydrogen) atoms. The largest absolute Gasteiger partial charge is 0.497 e. The summed E-state index contributed by atoms with van der Waals surface area (Å²) in [6, 6.07) is 6.63. The molecule has 0 saturated carbocycles. The van der Waals surface area contributed by atoms with Gasteiger partial charge < -0.3 is 9.64 Å². The summed E-state index contributed by atoms with van der Waals surface area (Å²) in [5.41, 5.74) is 3.37. The van der Waals surface area contributed by atoms with Crippen LogP contribution in [-0.4, -0.2) is 32.1 Å². The molecule has 2 heteroatoms. The Bertz CT molecular complexity index is 443. The Morgan fingerprint density at radius 3 is 3.00 bits per heavy atom. The number of likely N-dealkylation sites (tertiary alicyclic amines) is 1. The van der Waals surface area contributed by atoms with Crippen LogP contribution in [0, 0.1) is 5.92 Å². The standard InChI is InChI=1S/C15H21NO/c1-15-8-11(9-16(2)10-15)6-12-4-5-13(17-3)7-14(12)15/h4-5,7,11H,6,8-10H2,1-3H3/t11-,15+/m1/s1. The average molecular weight is 231 g/mol. The van der Waals surface area contributed by atoms with E-state index in [2.05, 4.69) is 37.1 Å². The molecular formula is C15H21NO. The highest BCUT2D eigenvalue weighted by atomic mass is 16.5. The highest BCUT2D eigenvalue weighted by Crippen LogP contribution is 2.44. The molecule has 0 radical (unpaired) electrons. The molecule has 1 heterocycles. The van der Waals surface area contributed by atoms with Crippen molar-refractivity contribution in [2.45, 2.75) is 25.2 Å². The minimum absolute atomic E-state index is 0.319. The quantitative estimate of drug-likeness (QED) is 0.736. The van der Waals surface area contributed by atoms with E-state index in [1.807, 2.05) is 0 Å². The molecule has 2 bridgehead atoms. The molecular weight excluding hydrogens is 210 g/mol. The summed E-state index contributed by atoms with van der Waals surface area (Å²) >= 11 is 0. The fourth-order valence-electron chi connectivity index (χ4n) is 3.93. The Hall–Kier alpha value is -1.02. The van der Waals surface area contributed by atoms with Crippen molar-refractivity contribution >= 4 is 0 Å². The number of hydrogen-bond donors (Lipinski definition) is 0. The van der Waals surface area contributed by atoms with E-state index in [9.17, 15) is 0 Å². The maximum Gasteiger partial charge on any atom is 0.119 e. The first kappa shape index (κ1) is 11.1. The van der Waals surface area contributed by atoms with Gasteiger partial charge in [-0.2, -0.15) is 0 Å². The number of benzene rings is 1. The lowest BCUT2D eigenvalue weighted by molar-refractivity contribution is 0.120. The number of rotatable bonds is 1. The van der Waals surface area contributed by atoms with Crippen LogP contribution in [0.15, 0.2) is 18.2 Å². The molecule has 0 spiro atoms. The van der Waals surface area contributed by atoms with Crippen LogP contribution < -0.4 is 4.74 Å². The van der Waals surface area contributed by atoms with Gasteiger partial charge in [-0.15, -0.1) is 0 Å². The SMILES string of the molecule is COc1ccc2c(c1)[C@@]1(C)C[C@@H](C2)CN(C)C1. The van der Waals surface area contributed by atoms with E-state index in [0.29, 0.717) is 5.41 Å². The van der Waals surface area contributed by atoms with Crippen LogP contribution in [0.3, 0.4) is 0 Å². The van der Waals surface area contributed by atoms with Crippen molar-refractivity contribution in [2.75, 3.05) is 27.2 Å². The zero-order valence-electron chi connectivity index (χ0n) is 11.0. The van der Waals surface area contributed by atoms with Crippen LogP contribution in [0.1, 0.15) is 24.5 Å². The lowest BCUT2D eigenvalue weighted by Gasteiger charge is -2.48. The maximum atomic E-state index is 5.38. The third-order valence-electron chi connectivity index (χ3n) is 4.40. The molecule has 3 rings (SSSR count). The zero-order valence-corrected chi connectivity index (χ0v) is 11.0. The van der Waals surface area contributed by atoms with Crippen LogP contribution in [0.4, 0.5) is 0 Å². The summed E-state index contributed by atoms with van der Waals surface area (Å²) in [5.74, 6) is 1.83. The van der Waals surface area contributed by atoms with E-state index in [1.165, 1.54) is 37.1 Å². The number of piperidine rings is 1. The van der Waals surface area contributed by atoms with E-state index in [-0.39, 0.29) is 0 Å². The van der Waals surface area contributed by atoms with Gasteiger partial charge in [0, 0.05) is 18.5 Å². The topological polar surface area (TPSA) is 12.5 Å². The van der Waals surface area contributed by atoms with Crippen LogP contribution in [0.2, 0.25) is 0 Å². The fourth-order valence-corrected chi connectivity index (χ4v) is 3.93. The van der Waals surface area contributed by atoms with Gasteiger partial charge in [-0.1, -0.05) is 13.0 Å². The van der Waals surface area contributed by atoms with E-state index in [1.54, 1.807) is 7.11 Å². The van der Waals surface area contributed by atoms with Gasteiger partial charge in [-0.3, -0.25) is 0 Å². The first-order chi connectivity index (χ1) is 8.10. The van der Waals surface area contributed by atoms with Crippen LogP contribution in [0.5, 0.6) is 5.75 Å². The Kier molecular flexibility index (Phi) is 2.44. The molecule has 1 saturated heterocycles. The summed E-state index contributed by atoms with van der Waals surface area (Å²) in [4.78, 5) is 2.48. The molecule has 1 aromatic carbocycles. The number of likely N-dealkylation sites (N-methyl/N-ethyl adjacent to an activating group) is 1. The van der Waals surface area contributed by atoms with Gasteiger partial charge in [-0.05, 0) is 49.1 Å². The predicted octanol–water partition coefficient (Wildman–Crippen LogP) is 2.46. The second-order valence-electron chi connectivity index (χ2n) is 6.05. The molecule has 0 N–H and O–H groups in total. The molecule has 2 aliphatic rings. The monoisotopic (exact) mass is 231 g/mol. The van der Waals surface area contributed by atoms with Gasteiger partial charge >= 0.3 is 0 Å². The third-order valence-corrected chi connectivity index (χ3v) is 4.40. The first-order valence-corrected chi connectivity index (χ1v) is 6.47. The summed E-state index contributed by atoms with van der Waals surface area (Å²) < 4.78 is 5.38. The van der Waals surface area contributed by atoms with Crippen molar-refractivity contribution in [3.05, 3.63) is 29.3 Å². The van der Waals surface area contributed by atoms with E-state index in [4.69, 9.17) is 4.74 Å². The lowest BCUT2D eigenvalue weighted by atomic mass is 9.64. The number of hydrogen-bond acceptors (Lipinski definition) is 2. The van der Waals surface area contributed by atoms with Gasteiger partial charge in [0.2, 0.25) is 0 Å². The van der Waals surface area contributed by atoms with Gasteiger partial charge in [0.25, 0.3) is 0 Å². The molecule has 2 atom stereocenters. The number of fused-ring (bicyclic) bond motifs is 4. The van der Waals surface area contributed by atoms with Crippen LogP contribution in [0.25, 0.3) is 0 Å². The number of methoxy groups -OCH3 is 1. The smallest absolute Gasteiger partial charge is 0.119 e. The molecule has 2 nitrogen and oxygen atoms in total. The third kappa shape index (κ3) is 1.75. The van der Waals surface area contributed by atoms with Gasteiger partial charge in [0.15, 0.2) is 0 Å². The Labute approximate surface area is 104 Å². The van der Waals surface area contributed by atoms with Gasteiger partial charge in [-0.25, -0.2) is 0 Å². The Morgan fingerprint density at radius 2 is 2.24 bits per heavy atom. The van der Waals surface area contributed by atoms with Gasteiger partial charge in [0.05, 0.1) is 7.11 Å². The number of ether oxygens (including phenoxy) is 1. The fraction of sp³-hybridized carbons (Fsp3) is 0.600. The Morgan fingerprint density at radius 1 is 1.41 bits per heavy atom. The summed E-state index contributed by atoms with van der Waals surface area (Å²) in [7, 11) is 4.00. The van der Waals surface area contributed by atoms with E-state index in [0.717, 1.165) is 11.7 Å². The van der Waals surface area contributed by atoms with Crippen molar-refractivity contribution < 1.29 is 4.74 Å². The number of nitrogens with zero attached hydrogens (tertiary/aromatic N) is 1. The molecule has 0 amide bonds. The van der Waals surface area contributed by atoms with Crippen molar-refractivity contribution in [1.29, 1.82) is 0 Å². The second-order valence-corrected chi connectivity index (χ2v) is 6.05. The normalized spacial score (nSPS) is 32.1. The van der Waals surface area contributed by atoms with Crippen molar-refractivity contribution in [3.8, 4) is 5.75 Å². The maximum absolute atomic E-state index is 5.38. The summed E-state index contributed by atoms with van der Waals surface area (Å²) in [5, 5.41) is 0. The summed E-state index contributed by atoms with van der Waals surface area (Å²) in [6.07, 6.45) is 2.57. The highest BCUT2D eigenvalue weighted by Gasteiger charge is 2.41. The molecule has 0 unspecified atom stereocenters. The zero-order chi connectivity index (χ0) is 12.0. The predicted molar refractivity (Wildman–Crippen MR) is 69.7 cm³/mol. The van der Waals surface area contributed by atoms with Crippen molar-refractivity contribution in [1.82, 2.24) is 4.90 Å².